The number of carbonyl (C=O) groups excluding carboxylic acids is 1. The maximum Gasteiger partial charge on any atom is 0.330 e. The monoisotopic (exact) mass is 346 g/mol. The van der Waals surface area contributed by atoms with Gasteiger partial charge in [0.05, 0.1) is 30.2 Å². The Labute approximate surface area is 149 Å². The third kappa shape index (κ3) is 2.45. The van der Waals surface area contributed by atoms with Crippen LogP contribution < -0.4 is 9.80 Å². The summed E-state index contributed by atoms with van der Waals surface area (Å²) in [6, 6.07) is 13.0. The van der Waals surface area contributed by atoms with Crippen LogP contribution in [0.4, 0.5) is 20.6 Å². The second-order valence-electron chi connectivity index (χ2n) is 6.22. The maximum absolute atomic E-state index is 13.7. The van der Waals surface area contributed by atoms with E-state index in [1.807, 2.05) is 31.2 Å². The Morgan fingerprint density at radius 3 is 2.81 bits per heavy atom. The number of fused-ring (bicyclic) bond motifs is 1. The molecule has 6 heteroatoms. The van der Waals surface area contributed by atoms with Gasteiger partial charge < -0.3 is 0 Å². The van der Waals surface area contributed by atoms with Crippen LogP contribution in [0.3, 0.4) is 0 Å². The van der Waals surface area contributed by atoms with Crippen LogP contribution in [0.2, 0.25) is 0 Å². The van der Waals surface area contributed by atoms with Crippen molar-refractivity contribution in [3.05, 3.63) is 66.2 Å². The zero-order valence-electron chi connectivity index (χ0n) is 14.1. The van der Waals surface area contributed by atoms with Gasteiger partial charge in [-0.25, -0.2) is 9.18 Å². The summed E-state index contributed by atoms with van der Waals surface area (Å²) in [5.74, 6) is -0.419. The number of rotatable bonds is 2. The van der Waals surface area contributed by atoms with Crippen LogP contribution in [0.25, 0.3) is 10.8 Å². The van der Waals surface area contributed by atoms with Crippen LogP contribution in [0.1, 0.15) is 5.56 Å². The molecule has 1 aliphatic heterocycles. The zero-order chi connectivity index (χ0) is 18.3. The number of carbonyl (C=O) groups is 1. The largest absolute Gasteiger partial charge is 0.330 e. The van der Waals surface area contributed by atoms with Crippen LogP contribution in [0, 0.1) is 24.1 Å². The first-order chi connectivity index (χ1) is 12.6. The minimum atomic E-state index is -0.683. The van der Waals surface area contributed by atoms with Gasteiger partial charge in [0, 0.05) is 17.0 Å². The molecule has 1 atom stereocenters. The third-order valence-corrected chi connectivity index (χ3v) is 4.62. The van der Waals surface area contributed by atoms with E-state index in [1.54, 1.807) is 18.5 Å². The molecule has 2 heterocycles. The summed E-state index contributed by atoms with van der Waals surface area (Å²) in [5.41, 5.74) is 1.83. The minimum absolute atomic E-state index is 0.169. The number of urea groups is 1. The predicted molar refractivity (Wildman–Crippen MR) is 97.5 cm³/mol. The molecule has 0 unspecified atom stereocenters. The van der Waals surface area contributed by atoms with Gasteiger partial charge in [-0.05, 0) is 24.6 Å². The average Bonchev–Trinajstić information content (AvgIpc) is 2.99. The Morgan fingerprint density at radius 2 is 2.00 bits per heavy atom. The van der Waals surface area contributed by atoms with Crippen molar-refractivity contribution in [1.29, 1.82) is 5.26 Å². The van der Waals surface area contributed by atoms with Crippen LogP contribution >= 0.6 is 0 Å². The summed E-state index contributed by atoms with van der Waals surface area (Å²) >= 11 is 0. The molecule has 128 valence electrons. The van der Waals surface area contributed by atoms with E-state index in [-0.39, 0.29) is 12.6 Å². The number of hydrogen-bond acceptors (Lipinski definition) is 3. The van der Waals surface area contributed by atoms with Crippen molar-refractivity contribution in [3.8, 4) is 6.07 Å². The summed E-state index contributed by atoms with van der Waals surface area (Å²) in [5, 5.41) is 11.3. The number of hydrogen-bond donors (Lipinski definition) is 0. The van der Waals surface area contributed by atoms with Gasteiger partial charge in [0.1, 0.15) is 11.9 Å². The normalized spacial score (nSPS) is 17.0. The average molecular weight is 346 g/mol. The topological polar surface area (TPSA) is 60.2 Å². The summed E-state index contributed by atoms with van der Waals surface area (Å²) in [6.45, 7) is 1.98. The molecule has 2 amide bonds. The number of aryl methyl sites for hydroxylation is 1. The second-order valence-corrected chi connectivity index (χ2v) is 6.22. The third-order valence-electron chi connectivity index (χ3n) is 4.62. The van der Waals surface area contributed by atoms with Crippen LogP contribution in [0.15, 0.2) is 54.9 Å². The first-order valence-electron chi connectivity index (χ1n) is 8.19. The molecule has 1 saturated heterocycles. The highest BCUT2D eigenvalue weighted by Gasteiger charge is 2.40. The van der Waals surface area contributed by atoms with Crippen molar-refractivity contribution in [2.24, 2.45) is 0 Å². The number of nitriles is 1. The first kappa shape index (κ1) is 16.0. The number of amides is 2. The molecule has 0 aliphatic carbocycles. The van der Waals surface area contributed by atoms with Gasteiger partial charge in [0.25, 0.3) is 0 Å². The molecule has 1 aliphatic rings. The van der Waals surface area contributed by atoms with Crippen molar-refractivity contribution in [2.45, 2.75) is 13.0 Å². The van der Waals surface area contributed by atoms with Crippen molar-refractivity contribution in [1.82, 2.24) is 4.98 Å². The molecule has 0 bridgehead atoms. The molecule has 0 radical (unpaired) electrons. The highest BCUT2D eigenvalue weighted by molar-refractivity contribution is 6.11. The molecular formula is C20H15FN4O. The molecule has 0 spiro atoms. The van der Waals surface area contributed by atoms with Gasteiger partial charge in [0.15, 0.2) is 0 Å². The lowest BCUT2D eigenvalue weighted by molar-refractivity contribution is 0.255. The van der Waals surface area contributed by atoms with Crippen LogP contribution in [-0.2, 0) is 0 Å². The molecule has 26 heavy (non-hydrogen) atoms. The smallest absolute Gasteiger partial charge is 0.290 e. The molecular weight excluding hydrogens is 331 g/mol. The fraction of sp³-hybridized carbons (Fsp3) is 0.150. The summed E-state index contributed by atoms with van der Waals surface area (Å²) in [6.07, 6.45) is 3.31. The lowest BCUT2D eigenvalue weighted by Crippen LogP contribution is -2.34. The van der Waals surface area contributed by atoms with E-state index in [9.17, 15) is 14.4 Å². The van der Waals surface area contributed by atoms with Crippen LogP contribution in [-0.4, -0.2) is 23.6 Å². The highest BCUT2D eigenvalue weighted by Crippen LogP contribution is 2.34. The first-order valence-corrected chi connectivity index (χ1v) is 8.19. The molecule has 3 aromatic rings. The zero-order valence-corrected chi connectivity index (χ0v) is 14.1. The molecule has 0 N–H and O–H groups in total. The van der Waals surface area contributed by atoms with E-state index in [4.69, 9.17) is 0 Å². The number of anilines is 2. The second kappa shape index (κ2) is 6.12. The molecule has 1 aromatic heterocycles. The van der Waals surface area contributed by atoms with Gasteiger partial charge in [0.2, 0.25) is 0 Å². The Bertz CT molecular complexity index is 1050. The lowest BCUT2D eigenvalue weighted by atomic mass is 10.1. The standard InChI is InChI=1S/C20H15FN4O/c1-13-6-7-15(21)8-18(13)24-12-16(9-22)25(20(24)26)19-11-23-10-14-4-2-3-5-17(14)19/h2-8,10-11,16H,12H2,1H3/t16-/m0/s1. The predicted octanol–water partition coefficient (Wildman–Crippen LogP) is 4.02. The highest BCUT2D eigenvalue weighted by atomic mass is 19.1. The van der Waals surface area contributed by atoms with E-state index >= 15 is 0 Å². The van der Waals surface area contributed by atoms with Crippen molar-refractivity contribution in [2.75, 3.05) is 16.3 Å². The summed E-state index contributed by atoms with van der Waals surface area (Å²) < 4.78 is 13.7. The van der Waals surface area contributed by atoms with E-state index in [0.29, 0.717) is 11.4 Å². The number of halogens is 1. The number of aromatic nitrogens is 1. The molecule has 5 nitrogen and oxygen atoms in total. The van der Waals surface area contributed by atoms with Gasteiger partial charge in [-0.2, -0.15) is 5.26 Å². The summed E-state index contributed by atoms with van der Waals surface area (Å²) in [7, 11) is 0. The fourth-order valence-corrected chi connectivity index (χ4v) is 3.33. The van der Waals surface area contributed by atoms with Gasteiger partial charge in [-0.3, -0.25) is 14.8 Å². The van der Waals surface area contributed by atoms with Gasteiger partial charge >= 0.3 is 6.03 Å². The number of benzene rings is 2. The van der Waals surface area contributed by atoms with E-state index in [1.165, 1.54) is 21.9 Å². The molecule has 4 rings (SSSR count). The van der Waals surface area contributed by atoms with E-state index in [2.05, 4.69) is 11.1 Å². The maximum atomic E-state index is 13.7. The number of nitrogens with zero attached hydrogens (tertiary/aromatic N) is 4. The lowest BCUT2D eigenvalue weighted by Gasteiger charge is -2.21. The van der Waals surface area contributed by atoms with Crippen molar-refractivity contribution in [3.63, 3.8) is 0 Å². The Morgan fingerprint density at radius 1 is 1.19 bits per heavy atom. The summed E-state index contributed by atoms with van der Waals surface area (Å²) in [4.78, 5) is 20.2. The van der Waals surface area contributed by atoms with Crippen molar-refractivity contribution < 1.29 is 9.18 Å². The number of pyridine rings is 1. The Balaban J connectivity index is 1.83. The molecule has 0 saturated carbocycles. The Kier molecular flexibility index (Phi) is 3.77. The van der Waals surface area contributed by atoms with Gasteiger partial charge in [-0.15, -0.1) is 0 Å². The Hall–Kier alpha value is -3.46. The van der Waals surface area contributed by atoms with E-state index < -0.39 is 11.9 Å². The molecule has 1 fully saturated rings. The quantitative estimate of drug-likeness (QED) is 0.704. The van der Waals surface area contributed by atoms with Crippen molar-refractivity contribution >= 4 is 28.2 Å². The SMILES string of the molecule is Cc1ccc(F)cc1N1C[C@H](C#N)N(c2cncc3ccccc23)C1=O. The van der Waals surface area contributed by atoms with E-state index in [0.717, 1.165) is 16.3 Å². The van der Waals surface area contributed by atoms with Crippen LogP contribution in [0.5, 0.6) is 0 Å². The fourth-order valence-electron chi connectivity index (χ4n) is 3.33. The molecule has 2 aromatic carbocycles. The van der Waals surface area contributed by atoms with Gasteiger partial charge in [-0.1, -0.05) is 30.3 Å². The minimum Gasteiger partial charge on any atom is -0.290 e.